The number of anilines is 1. The first-order valence-corrected chi connectivity index (χ1v) is 13.3. The summed E-state index contributed by atoms with van der Waals surface area (Å²) in [5.74, 6) is -0.431. The Balaban J connectivity index is 1.51. The van der Waals surface area contributed by atoms with Gasteiger partial charge in [0.25, 0.3) is 0 Å². The molecule has 188 valence electrons. The van der Waals surface area contributed by atoms with Gasteiger partial charge in [-0.15, -0.1) is 0 Å². The molecular formula is C26H34N4O4S. The third kappa shape index (κ3) is 7.24. The fourth-order valence-electron chi connectivity index (χ4n) is 4.07. The summed E-state index contributed by atoms with van der Waals surface area (Å²) in [5, 5.41) is 4.12. The van der Waals surface area contributed by atoms with Crippen molar-refractivity contribution in [2.24, 2.45) is 0 Å². The third-order valence-electron chi connectivity index (χ3n) is 6.20. The molecule has 2 aromatic carbocycles. The lowest BCUT2D eigenvalue weighted by atomic mass is 10.1. The van der Waals surface area contributed by atoms with Gasteiger partial charge >= 0.3 is 0 Å². The molecule has 0 bridgehead atoms. The summed E-state index contributed by atoms with van der Waals surface area (Å²) < 4.78 is 26.8. The maximum Gasteiger partial charge on any atom is 0.243 e. The first-order chi connectivity index (χ1) is 16.7. The smallest absolute Gasteiger partial charge is 0.243 e. The van der Waals surface area contributed by atoms with Crippen LogP contribution in [0.1, 0.15) is 25.0 Å². The van der Waals surface area contributed by atoms with E-state index in [1.54, 1.807) is 20.0 Å². The van der Waals surface area contributed by atoms with Gasteiger partial charge in [-0.3, -0.25) is 14.5 Å². The van der Waals surface area contributed by atoms with E-state index in [0.29, 0.717) is 26.2 Å². The van der Waals surface area contributed by atoms with Crippen LogP contribution in [0.4, 0.5) is 5.69 Å². The molecule has 1 fully saturated rings. The van der Waals surface area contributed by atoms with Gasteiger partial charge in [-0.2, -0.15) is 4.31 Å². The lowest BCUT2D eigenvalue weighted by Crippen LogP contribution is -2.55. The van der Waals surface area contributed by atoms with Gasteiger partial charge in [0, 0.05) is 44.3 Å². The SMILES string of the molecule is CCc1ccccc1NC(=O)CN(C)C(=O)C(C)N1CCN(S(=O)(=O)/C=C/c2ccccc2)CC1. The molecule has 1 atom stereocenters. The highest BCUT2D eigenvalue weighted by atomic mass is 32.2. The molecule has 35 heavy (non-hydrogen) atoms. The van der Waals surface area contributed by atoms with Gasteiger partial charge in [0.2, 0.25) is 21.8 Å². The van der Waals surface area contributed by atoms with Gasteiger partial charge in [-0.1, -0.05) is 55.5 Å². The Bertz CT molecular complexity index is 1140. The number of para-hydroxylation sites is 1. The molecule has 0 radical (unpaired) electrons. The second kappa shape index (κ2) is 12.1. The van der Waals surface area contributed by atoms with Crippen molar-refractivity contribution in [3.8, 4) is 0 Å². The summed E-state index contributed by atoms with van der Waals surface area (Å²) in [4.78, 5) is 28.8. The maximum absolute atomic E-state index is 13.0. The Morgan fingerprint density at radius 3 is 2.31 bits per heavy atom. The van der Waals surface area contributed by atoms with E-state index in [1.807, 2.05) is 66.4 Å². The molecule has 0 aliphatic carbocycles. The quantitative estimate of drug-likeness (QED) is 0.574. The largest absolute Gasteiger partial charge is 0.335 e. The molecule has 3 rings (SSSR count). The van der Waals surface area contributed by atoms with E-state index in [4.69, 9.17) is 0 Å². The summed E-state index contributed by atoms with van der Waals surface area (Å²) in [5.41, 5.74) is 2.61. The predicted molar refractivity (Wildman–Crippen MR) is 139 cm³/mol. The van der Waals surface area contributed by atoms with Crippen LogP contribution >= 0.6 is 0 Å². The van der Waals surface area contributed by atoms with Crippen LogP contribution in [0.15, 0.2) is 60.0 Å². The number of aryl methyl sites for hydroxylation is 1. The van der Waals surface area contributed by atoms with Crippen LogP contribution in [0.3, 0.4) is 0 Å². The van der Waals surface area contributed by atoms with E-state index in [9.17, 15) is 18.0 Å². The summed E-state index contributed by atoms with van der Waals surface area (Å²) in [6.07, 6.45) is 2.39. The standard InChI is InChI=1S/C26H34N4O4S/c1-4-23-12-8-9-13-24(23)27-25(31)20-28(3)26(32)21(2)29-15-17-30(18-16-29)35(33,34)19-14-22-10-6-5-7-11-22/h5-14,19,21H,4,15-18,20H2,1-3H3,(H,27,31)/b19-14+. The second-order valence-electron chi connectivity index (χ2n) is 8.62. The van der Waals surface area contributed by atoms with Crippen LogP contribution in [0, 0.1) is 0 Å². The van der Waals surface area contributed by atoms with E-state index < -0.39 is 16.1 Å². The van der Waals surface area contributed by atoms with Crippen LogP contribution in [-0.2, 0) is 26.0 Å². The van der Waals surface area contributed by atoms with Crippen molar-refractivity contribution in [2.75, 3.05) is 45.1 Å². The van der Waals surface area contributed by atoms with Crippen molar-refractivity contribution in [3.63, 3.8) is 0 Å². The Morgan fingerprint density at radius 2 is 1.66 bits per heavy atom. The van der Waals surface area contributed by atoms with Crippen molar-refractivity contribution < 1.29 is 18.0 Å². The highest BCUT2D eigenvalue weighted by Crippen LogP contribution is 2.16. The molecule has 2 amide bonds. The Morgan fingerprint density at radius 1 is 1.03 bits per heavy atom. The molecule has 0 saturated carbocycles. The number of carbonyl (C=O) groups excluding carboxylic acids is 2. The van der Waals surface area contributed by atoms with Gasteiger partial charge in [0.05, 0.1) is 12.6 Å². The molecule has 8 nitrogen and oxygen atoms in total. The summed E-state index contributed by atoms with van der Waals surface area (Å²) in [7, 11) is -1.93. The van der Waals surface area contributed by atoms with Crippen molar-refractivity contribution in [1.82, 2.24) is 14.1 Å². The Hall–Kier alpha value is -3.01. The lowest BCUT2D eigenvalue weighted by Gasteiger charge is -2.37. The summed E-state index contributed by atoms with van der Waals surface area (Å²) >= 11 is 0. The van der Waals surface area contributed by atoms with E-state index in [-0.39, 0.29) is 18.4 Å². The van der Waals surface area contributed by atoms with Crippen molar-refractivity contribution >= 4 is 33.6 Å². The van der Waals surface area contributed by atoms with Crippen LogP contribution in [0.2, 0.25) is 0 Å². The Kier molecular flexibility index (Phi) is 9.20. The number of amides is 2. The van der Waals surface area contributed by atoms with Crippen molar-refractivity contribution in [3.05, 3.63) is 71.1 Å². The summed E-state index contributed by atoms with van der Waals surface area (Å²) in [6, 6.07) is 16.4. The number of carbonyl (C=O) groups is 2. The Labute approximate surface area is 208 Å². The van der Waals surface area contributed by atoms with Gasteiger partial charge in [0.1, 0.15) is 0 Å². The number of sulfonamides is 1. The topological polar surface area (TPSA) is 90.0 Å². The zero-order chi connectivity index (χ0) is 25.4. The minimum absolute atomic E-state index is 0.0557. The van der Waals surface area contributed by atoms with Crippen LogP contribution in [0.5, 0.6) is 0 Å². The number of piperazine rings is 1. The third-order valence-corrected chi connectivity index (χ3v) is 7.76. The molecular weight excluding hydrogens is 464 g/mol. The normalized spacial score (nSPS) is 16.2. The van der Waals surface area contributed by atoms with Crippen molar-refractivity contribution in [2.45, 2.75) is 26.3 Å². The van der Waals surface area contributed by atoms with E-state index in [2.05, 4.69) is 5.32 Å². The number of hydrogen-bond donors (Lipinski definition) is 1. The molecule has 2 aromatic rings. The first kappa shape index (κ1) is 26.6. The van der Waals surface area contributed by atoms with E-state index >= 15 is 0 Å². The monoisotopic (exact) mass is 498 g/mol. The molecule has 1 heterocycles. The number of benzene rings is 2. The molecule has 1 saturated heterocycles. The number of nitrogens with one attached hydrogen (secondary N) is 1. The predicted octanol–water partition coefficient (Wildman–Crippen LogP) is 2.65. The first-order valence-electron chi connectivity index (χ1n) is 11.8. The molecule has 1 N–H and O–H groups in total. The molecule has 1 unspecified atom stereocenters. The van der Waals surface area contributed by atoms with E-state index in [0.717, 1.165) is 23.2 Å². The van der Waals surface area contributed by atoms with Crippen LogP contribution in [0.25, 0.3) is 6.08 Å². The fourth-order valence-corrected chi connectivity index (χ4v) is 5.24. The minimum Gasteiger partial charge on any atom is -0.335 e. The molecule has 1 aliphatic heterocycles. The zero-order valence-corrected chi connectivity index (χ0v) is 21.4. The van der Waals surface area contributed by atoms with Gasteiger partial charge < -0.3 is 10.2 Å². The van der Waals surface area contributed by atoms with Gasteiger partial charge in [-0.25, -0.2) is 8.42 Å². The van der Waals surface area contributed by atoms with Crippen LogP contribution in [-0.4, -0.2) is 80.2 Å². The van der Waals surface area contributed by atoms with Crippen LogP contribution < -0.4 is 5.32 Å². The van der Waals surface area contributed by atoms with Gasteiger partial charge in [-0.05, 0) is 36.6 Å². The fraction of sp³-hybridized carbons (Fsp3) is 0.385. The lowest BCUT2D eigenvalue weighted by molar-refractivity contribution is -0.138. The highest BCUT2D eigenvalue weighted by Gasteiger charge is 2.31. The average Bonchev–Trinajstić information content (AvgIpc) is 2.87. The molecule has 9 heteroatoms. The van der Waals surface area contributed by atoms with E-state index in [1.165, 1.54) is 14.6 Å². The second-order valence-corrected chi connectivity index (χ2v) is 10.4. The average molecular weight is 499 g/mol. The minimum atomic E-state index is -3.54. The maximum atomic E-state index is 13.0. The van der Waals surface area contributed by atoms with Gasteiger partial charge in [0.15, 0.2) is 0 Å². The summed E-state index contributed by atoms with van der Waals surface area (Å²) in [6.45, 7) is 5.24. The number of nitrogens with zero attached hydrogens (tertiary/aromatic N) is 3. The molecule has 0 spiro atoms. The molecule has 1 aliphatic rings. The number of rotatable bonds is 9. The van der Waals surface area contributed by atoms with Crippen molar-refractivity contribution in [1.29, 1.82) is 0 Å². The number of hydrogen-bond acceptors (Lipinski definition) is 5. The zero-order valence-electron chi connectivity index (χ0n) is 20.6. The highest BCUT2D eigenvalue weighted by molar-refractivity contribution is 7.92. The number of likely N-dealkylation sites (N-methyl/N-ethyl adjacent to an activating group) is 1. The molecule has 0 aromatic heterocycles.